The maximum atomic E-state index is 5.39. The number of benzene rings is 1. The van der Waals surface area contributed by atoms with Crippen LogP contribution in [0, 0.1) is 0 Å². The molecular formula is C20H31CuN7S2. The van der Waals surface area contributed by atoms with Crippen LogP contribution < -0.4 is 5.32 Å². The molecule has 0 aromatic heterocycles. The first-order valence-electron chi connectivity index (χ1n) is 9.81. The van der Waals surface area contributed by atoms with E-state index in [1.54, 1.807) is 0 Å². The van der Waals surface area contributed by atoms with Crippen molar-refractivity contribution in [2.24, 2.45) is 20.4 Å². The molecule has 0 aliphatic rings. The number of anilines is 1. The van der Waals surface area contributed by atoms with Gasteiger partial charge in [0.15, 0.2) is 0 Å². The van der Waals surface area contributed by atoms with Gasteiger partial charge in [0.05, 0.1) is 5.71 Å². The van der Waals surface area contributed by atoms with Crippen molar-refractivity contribution in [2.75, 3.05) is 38.5 Å². The minimum atomic E-state index is 0. The SMILES string of the molecule is CCN(CC)/C([S-])=N/N=C(C)/C(=N/N=C(\[S-])N(CC)CC)c1ccc(NC)cc1.[Cu+2]. The predicted octanol–water partition coefficient (Wildman–Crippen LogP) is 3.30. The number of rotatable bonds is 9. The molecule has 0 atom stereocenters. The van der Waals surface area contributed by atoms with Crippen molar-refractivity contribution in [3.05, 3.63) is 29.8 Å². The summed E-state index contributed by atoms with van der Waals surface area (Å²) in [5, 5.41) is 21.2. The Bertz CT molecular complexity index is 753. The van der Waals surface area contributed by atoms with Crippen LogP contribution in [0.25, 0.3) is 0 Å². The number of hydrogen-bond donors (Lipinski definition) is 1. The molecule has 0 saturated heterocycles. The third-order valence-electron chi connectivity index (χ3n) is 4.38. The Labute approximate surface area is 202 Å². The van der Waals surface area contributed by atoms with Gasteiger partial charge in [0.2, 0.25) is 0 Å². The van der Waals surface area contributed by atoms with Gasteiger partial charge in [0.1, 0.15) is 5.71 Å². The summed E-state index contributed by atoms with van der Waals surface area (Å²) in [5.41, 5.74) is 3.10. The van der Waals surface area contributed by atoms with Crippen LogP contribution in [0.15, 0.2) is 44.7 Å². The van der Waals surface area contributed by atoms with E-state index in [1.807, 2.05) is 75.7 Å². The Kier molecular flexibility index (Phi) is 14.2. The largest absolute Gasteiger partial charge is 2.00 e. The standard InChI is InChI=1S/C20H33N7S2.Cu/c1-7-26(8-2)19(28)24-22-15(5)18(16-11-13-17(21-6)14-12-16)23-25-20(29)27(9-3)10-4;/h11-14,21H,7-10H2,1-6H3,(H,24,28)(H,25,29);/q;+2/p-2/b22-15+,23-18-;. The number of amidine groups is 2. The number of nitrogens with zero attached hydrogens (tertiary/aromatic N) is 6. The van der Waals surface area contributed by atoms with Crippen molar-refractivity contribution in [1.82, 2.24) is 9.80 Å². The molecule has 30 heavy (non-hydrogen) atoms. The average Bonchev–Trinajstić information content (AvgIpc) is 2.74. The molecule has 0 unspecified atom stereocenters. The van der Waals surface area contributed by atoms with Crippen LogP contribution in [0.4, 0.5) is 5.69 Å². The second-order valence-corrected chi connectivity index (χ2v) is 6.80. The zero-order valence-corrected chi connectivity index (χ0v) is 21.0. The molecule has 169 valence electrons. The van der Waals surface area contributed by atoms with E-state index >= 15 is 0 Å². The number of hydrogen-bond acceptors (Lipinski definition) is 7. The summed E-state index contributed by atoms with van der Waals surface area (Å²) < 4.78 is 0. The van der Waals surface area contributed by atoms with E-state index in [2.05, 4.69) is 25.7 Å². The molecule has 1 rings (SSSR count). The summed E-state index contributed by atoms with van der Waals surface area (Å²) in [7, 11) is 1.88. The van der Waals surface area contributed by atoms with Crippen molar-refractivity contribution in [2.45, 2.75) is 34.6 Å². The van der Waals surface area contributed by atoms with Gasteiger partial charge in [-0.05, 0) is 46.8 Å². The van der Waals surface area contributed by atoms with E-state index in [4.69, 9.17) is 25.3 Å². The van der Waals surface area contributed by atoms with Crippen molar-refractivity contribution < 1.29 is 17.1 Å². The molecule has 0 spiro atoms. The molecule has 7 nitrogen and oxygen atoms in total. The van der Waals surface area contributed by atoms with Crippen molar-refractivity contribution in [3.63, 3.8) is 0 Å². The Hall–Kier alpha value is -1.74. The van der Waals surface area contributed by atoms with Gasteiger partial charge in [0.25, 0.3) is 0 Å². The number of nitrogens with one attached hydrogen (secondary N) is 1. The summed E-state index contributed by atoms with van der Waals surface area (Å²) >= 11 is 10.7. The topological polar surface area (TPSA) is 68.0 Å². The fourth-order valence-corrected chi connectivity index (χ4v) is 3.10. The second kappa shape index (κ2) is 15.1. The smallest absolute Gasteiger partial charge is 0.741 e. The summed E-state index contributed by atoms with van der Waals surface area (Å²) in [6, 6.07) is 7.86. The quantitative estimate of drug-likeness (QED) is 0.187. The molecule has 0 saturated carbocycles. The molecule has 1 N–H and O–H groups in total. The third-order valence-corrected chi connectivity index (χ3v) is 5.06. The fraction of sp³-hybridized carbons (Fsp3) is 0.500. The van der Waals surface area contributed by atoms with Crippen LogP contribution in [-0.2, 0) is 42.3 Å². The fourth-order valence-electron chi connectivity index (χ4n) is 2.51. The van der Waals surface area contributed by atoms with E-state index in [9.17, 15) is 0 Å². The van der Waals surface area contributed by atoms with E-state index in [0.29, 0.717) is 21.8 Å². The van der Waals surface area contributed by atoms with E-state index < -0.39 is 0 Å². The molecule has 1 radical (unpaired) electrons. The molecule has 10 heteroatoms. The van der Waals surface area contributed by atoms with Crippen LogP contribution in [0.3, 0.4) is 0 Å². The molecule has 0 aliphatic heterocycles. The summed E-state index contributed by atoms with van der Waals surface area (Å²) in [6.07, 6.45) is 0. The zero-order chi connectivity index (χ0) is 21.8. The molecular weight excluding hydrogens is 466 g/mol. The van der Waals surface area contributed by atoms with Crippen LogP contribution in [0.2, 0.25) is 0 Å². The van der Waals surface area contributed by atoms with E-state index in [-0.39, 0.29) is 17.1 Å². The summed E-state index contributed by atoms with van der Waals surface area (Å²) in [5.74, 6) is 0. The van der Waals surface area contributed by atoms with Gasteiger partial charge in [-0.3, -0.25) is 0 Å². The average molecular weight is 497 g/mol. The van der Waals surface area contributed by atoms with E-state index in [0.717, 1.165) is 37.4 Å². The Balaban J connectivity index is 0.00000841. The van der Waals surface area contributed by atoms with Gasteiger partial charge in [-0.2, -0.15) is 15.3 Å². The van der Waals surface area contributed by atoms with Crippen molar-refractivity contribution in [1.29, 1.82) is 0 Å². The first kappa shape index (κ1) is 28.3. The van der Waals surface area contributed by atoms with Crippen LogP contribution in [-0.4, -0.2) is 64.8 Å². The minimum absolute atomic E-state index is 0. The minimum Gasteiger partial charge on any atom is -0.741 e. The van der Waals surface area contributed by atoms with Crippen LogP contribution >= 0.6 is 0 Å². The Morgan fingerprint density at radius 3 is 1.63 bits per heavy atom. The first-order valence-corrected chi connectivity index (χ1v) is 10.6. The Morgan fingerprint density at radius 1 is 0.800 bits per heavy atom. The van der Waals surface area contributed by atoms with Gasteiger partial charge in [-0.15, -0.1) is 5.10 Å². The monoisotopic (exact) mass is 496 g/mol. The molecule has 0 aliphatic carbocycles. The molecule has 0 fully saturated rings. The van der Waals surface area contributed by atoms with Gasteiger partial charge < -0.3 is 40.4 Å². The molecule has 0 bridgehead atoms. The predicted molar refractivity (Wildman–Crippen MR) is 131 cm³/mol. The van der Waals surface area contributed by atoms with Crippen LogP contribution in [0.1, 0.15) is 40.2 Å². The molecule has 1 aromatic rings. The maximum Gasteiger partial charge on any atom is 2.00 e. The van der Waals surface area contributed by atoms with Crippen molar-refractivity contribution >= 4 is 52.7 Å². The third kappa shape index (κ3) is 8.55. The second-order valence-electron chi connectivity index (χ2n) is 6.07. The molecule has 0 heterocycles. The zero-order valence-electron chi connectivity index (χ0n) is 18.4. The van der Waals surface area contributed by atoms with Gasteiger partial charge in [-0.25, -0.2) is 0 Å². The van der Waals surface area contributed by atoms with E-state index in [1.165, 1.54) is 0 Å². The Morgan fingerprint density at radius 2 is 1.23 bits per heavy atom. The molecule has 0 amide bonds. The van der Waals surface area contributed by atoms with Crippen molar-refractivity contribution in [3.8, 4) is 0 Å². The van der Waals surface area contributed by atoms with Crippen LogP contribution in [0.5, 0.6) is 0 Å². The maximum absolute atomic E-state index is 5.39. The normalized spacial score (nSPS) is 13.0. The first-order chi connectivity index (χ1) is 13.9. The van der Waals surface area contributed by atoms with Gasteiger partial charge in [-0.1, -0.05) is 12.1 Å². The van der Waals surface area contributed by atoms with Gasteiger partial charge in [0, 0.05) is 54.8 Å². The summed E-state index contributed by atoms with van der Waals surface area (Å²) in [4.78, 5) is 3.93. The van der Waals surface area contributed by atoms with Gasteiger partial charge >= 0.3 is 17.1 Å². The summed E-state index contributed by atoms with van der Waals surface area (Å²) in [6.45, 7) is 13.1. The molecule has 1 aromatic carbocycles.